The van der Waals surface area contributed by atoms with Crippen LogP contribution in [0.2, 0.25) is 0 Å². The molecule has 0 bridgehead atoms. The van der Waals surface area contributed by atoms with Crippen LogP contribution in [-0.4, -0.2) is 15.4 Å². The van der Waals surface area contributed by atoms with Gasteiger partial charge in [-0.2, -0.15) is 8.42 Å². The Bertz CT molecular complexity index is 547. The maximum Gasteiger partial charge on any atom is 1.00 e. The van der Waals surface area contributed by atoms with Crippen molar-refractivity contribution in [3.05, 3.63) is 26.8 Å². The zero-order chi connectivity index (χ0) is 13.4. The normalized spacial score (nSPS) is 12.1. The van der Waals surface area contributed by atoms with E-state index >= 15 is 0 Å². The summed E-state index contributed by atoms with van der Waals surface area (Å²) in [6, 6.07) is 1.95. The zero-order valence-corrected chi connectivity index (χ0v) is 15.7. The Morgan fingerprint density at radius 3 is 2.17 bits per heavy atom. The Hall–Kier alpha value is 1.32. The Morgan fingerprint density at radius 2 is 1.78 bits per heavy atom. The molecule has 18 heavy (non-hydrogen) atoms. The average Bonchev–Trinajstić information content (AvgIpc) is 2.06. The van der Waals surface area contributed by atoms with Gasteiger partial charge in [0, 0.05) is 3.57 Å². The molecule has 0 fully saturated rings. The van der Waals surface area contributed by atoms with Gasteiger partial charge < -0.3 is 12.9 Å². The third-order valence-corrected chi connectivity index (χ3v) is 4.16. The van der Waals surface area contributed by atoms with Crippen molar-refractivity contribution in [1.82, 2.24) is 0 Å². The molecule has 0 spiro atoms. The molecule has 0 aliphatic carbocycles. The van der Waals surface area contributed by atoms with Gasteiger partial charge in [0.2, 0.25) is 0 Å². The van der Waals surface area contributed by atoms with E-state index in [0.717, 1.165) is 6.07 Å². The summed E-state index contributed by atoms with van der Waals surface area (Å²) in [6.45, 7) is -3.74. The predicted molar refractivity (Wildman–Crippen MR) is 65.0 cm³/mol. The number of benzene rings is 1. The summed E-state index contributed by atoms with van der Waals surface area (Å²) >= 11 is 1.68. The van der Waals surface area contributed by atoms with Gasteiger partial charge in [-0.05, 0) is 47.2 Å². The van der Waals surface area contributed by atoms with Crippen LogP contribution < -0.4 is 51.4 Å². The van der Waals surface area contributed by atoms with Gasteiger partial charge in [0.1, 0.15) is 4.90 Å². The maximum atomic E-state index is 12.9. The first-order valence-corrected chi connectivity index (χ1v) is 6.91. The molecule has 96 valence electrons. The summed E-state index contributed by atoms with van der Waals surface area (Å²) in [7, 11) is -5.00. The summed E-state index contributed by atoms with van der Waals surface area (Å²) < 4.78 is 71.4. The van der Waals surface area contributed by atoms with Crippen LogP contribution in [0.4, 0.5) is 16.8 Å². The van der Waals surface area contributed by atoms with Crippen LogP contribution in [0.3, 0.4) is 0 Å². The van der Waals surface area contributed by atoms with Gasteiger partial charge in [0.25, 0.3) is 0 Å². The Labute approximate surface area is 159 Å². The quantitative estimate of drug-likeness (QED) is 0.303. The van der Waals surface area contributed by atoms with E-state index in [0.29, 0.717) is 0 Å². The number of rotatable bonds is 3. The van der Waals surface area contributed by atoms with Gasteiger partial charge >= 0.3 is 68.6 Å². The van der Waals surface area contributed by atoms with Crippen LogP contribution in [-0.2, 0) is 16.5 Å². The van der Waals surface area contributed by atoms with Crippen LogP contribution in [0.5, 0.6) is 0 Å². The van der Waals surface area contributed by atoms with E-state index in [9.17, 15) is 25.3 Å². The van der Waals surface area contributed by atoms with Gasteiger partial charge in [-0.3, -0.25) is 0 Å². The molecule has 0 N–H and O–H groups in total. The first kappa shape index (κ1) is 19.3. The summed E-state index contributed by atoms with van der Waals surface area (Å²) in [5.74, 6) is 0. The van der Waals surface area contributed by atoms with Gasteiger partial charge in [0.05, 0.1) is 0 Å². The molecule has 0 heterocycles. The van der Waals surface area contributed by atoms with Crippen molar-refractivity contribution in [2.45, 2.75) is 18.1 Å². The van der Waals surface area contributed by atoms with Crippen molar-refractivity contribution in [2.24, 2.45) is 0 Å². The molecule has 0 radical (unpaired) electrons. The van der Waals surface area contributed by atoms with E-state index in [-0.39, 0.29) is 66.1 Å². The minimum Gasteiger partial charge on any atom is -0.449 e. The molecule has 1 rings (SSSR count). The predicted octanol–water partition coefficient (Wildman–Crippen LogP) is 0.191. The van der Waals surface area contributed by atoms with Crippen molar-refractivity contribution in [1.29, 1.82) is 0 Å². The molecule has 1 aromatic carbocycles. The summed E-state index contributed by atoms with van der Waals surface area (Å²) in [5, 5.41) is 0. The molecule has 0 atom stereocenters. The fraction of sp³-hybridized carbons (Fsp3) is 0.250. The summed E-state index contributed by atoms with van der Waals surface area (Å²) in [6.07, 6.45) is -1.22. The minimum atomic E-state index is -5.08. The van der Waals surface area contributed by atoms with Crippen molar-refractivity contribution < 1.29 is 76.6 Å². The van der Waals surface area contributed by atoms with Gasteiger partial charge in [0.15, 0.2) is 0 Å². The van der Waals surface area contributed by atoms with Crippen LogP contribution in [0.15, 0.2) is 17.0 Å². The molecule has 0 saturated carbocycles. The maximum absolute atomic E-state index is 12.9. The van der Waals surface area contributed by atoms with Gasteiger partial charge in [-0.15, -0.1) is 3.89 Å². The second kappa shape index (κ2) is 6.85. The average molecular weight is 420 g/mol. The Kier molecular flexibility index (Phi) is 7.36. The number of halogens is 5. The standard InChI is InChI=1S/C8H7BF4IO2S.K/c1-5-7(14)2-6(4-9(10,11)12)3-8(5)17(13,15)16;/h2-3H,4H2,1H3;/q-1;+1. The van der Waals surface area contributed by atoms with Crippen LogP contribution >= 0.6 is 22.6 Å². The van der Waals surface area contributed by atoms with E-state index in [2.05, 4.69) is 0 Å². The van der Waals surface area contributed by atoms with Crippen molar-refractivity contribution in [2.75, 3.05) is 0 Å². The number of hydrogen-bond acceptors (Lipinski definition) is 2. The Balaban J connectivity index is 0.00000289. The molecule has 0 unspecified atom stereocenters. The molecule has 0 aliphatic heterocycles. The molecule has 1 aromatic rings. The smallest absolute Gasteiger partial charge is 0.449 e. The van der Waals surface area contributed by atoms with Crippen LogP contribution in [0.25, 0.3) is 0 Å². The Morgan fingerprint density at radius 1 is 1.28 bits per heavy atom. The molecule has 2 nitrogen and oxygen atoms in total. The molecular weight excluding hydrogens is 413 g/mol. The molecular formula is C8H7BF4IKO2S. The zero-order valence-electron chi connectivity index (χ0n) is 9.55. The fourth-order valence-corrected chi connectivity index (χ4v) is 2.99. The largest absolute Gasteiger partial charge is 1.00 e. The first-order chi connectivity index (χ1) is 7.50. The molecule has 0 aromatic heterocycles. The van der Waals surface area contributed by atoms with E-state index in [4.69, 9.17) is 0 Å². The second-order valence-electron chi connectivity index (χ2n) is 3.55. The summed E-state index contributed by atoms with van der Waals surface area (Å²) in [5.41, 5.74) is -0.129. The van der Waals surface area contributed by atoms with E-state index in [1.807, 2.05) is 0 Å². The van der Waals surface area contributed by atoms with Crippen molar-refractivity contribution in [3.63, 3.8) is 0 Å². The first-order valence-electron chi connectivity index (χ1n) is 4.45. The molecule has 10 heteroatoms. The second-order valence-corrected chi connectivity index (χ2v) is 6.03. The van der Waals surface area contributed by atoms with E-state index in [1.165, 1.54) is 13.0 Å². The minimum absolute atomic E-state index is 0. The van der Waals surface area contributed by atoms with Gasteiger partial charge in [-0.25, -0.2) is 0 Å². The third-order valence-electron chi connectivity index (χ3n) is 2.09. The summed E-state index contributed by atoms with van der Waals surface area (Å²) in [4.78, 5) is -0.695. The topological polar surface area (TPSA) is 34.1 Å². The van der Waals surface area contributed by atoms with Crippen LogP contribution in [0, 0.1) is 10.5 Å². The van der Waals surface area contributed by atoms with Gasteiger partial charge in [-0.1, -0.05) is 11.9 Å². The van der Waals surface area contributed by atoms with Crippen molar-refractivity contribution in [3.8, 4) is 0 Å². The van der Waals surface area contributed by atoms with E-state index < -0.39 is 28.4 Å². The molecule has 0 saturated heterocycles. The monoisotopic (exact) mass is 420 g/mol. The third kappa shape index (κ3) is 5.75. The van der Waals surface area contributed by atoms with Crippen molar-refractivity contribution >= 4 is 39.8 Å². The molecule has 0 aliphatic rings. The fourth-order valence-electron chi connectivity index (χ4n) is 1.35. The molecule has 0 amide bonds. The van der Waals surface area contributed by atoms with Crippen LogP contribution in [0.1, 0.15) is 11.1 Å². The number of hydrogen-bond donors (Lipinski definition) is 0. The van der Waals surface area contributed by atoms with E-state index in [1.54, 1.807) is 22.6 Å². The SMILES string of the molecule is Cc1c(I)cc(C[B-](F)(F)F)cc1S(=O)(=O)F.[K+].